The number of rotatable bonds is 5. The summed E-state index contributed by atoms with van der Waals surface area (Å²) in [5.41, 5.74) is 6.36. The summed E-state index contributed by atoms with van der Waals surface area (Å²) >= 11 is 0. The summed E-state index contributed by atoms with van der Waals surface area (Å²) in [6.07, 6.45) is 7.73. The molecule has 0 radical (unpaired) electrons. The van der Waals surface area contributed by atoms with Crippen LogP contribution in [0.5, 0.6) is 0 Å². The van der Waals surface area contributed by atoms with E-state index in [-0.39, 0.29) is 17.6 Å². The number of nitrogens with two attached hydrogens (primary N) is 1. The van der Waals surface area contributed by atoms with Crippen LogP contribution in [0, 0.1) is 11.6 Å². The molecule has 10 heteroatoms. The number of anilines is 1. The second-order valence-electron chi connectivity index (χ2n) is 8.88. The minimum absolute atomic E-state index is 0.0193. The number of benzene rings is 1. The van der Waals surface area contributed by atoms with Crippen LogP contribution in [0.1, 0.15) is 45.4 Å². The van der Waals surface area contributed by atoms with Gasteiger partial charge in [-0.2, -0.15) is 0 Å². The molecule has 4 N–H and O–H groups in total. The number of amides is 1. The molecule has 1 atom stereocenters. The molecule has 0 aromatic heterocycles. The second-order valence-corrected chi connectivity index (χ2v) is 8.88. The summed E-state index contributed by atoms with van der Waals surface area (Å²) in [7, 11) is 0. The number of aliphatic imine (C=N–C) groups is 2. The van der Waals surface area contributed by atoms with E-state index in [0.717, 1.165) is 18.9 Å². The summed E-state index contributed by atoms with van der Waals surface area (Å²) in [6, 6.07) is 3.45. The number of nitrogens with one attached hydrogen (secondary N) is 2. The topological polar surface area (TPSA) is 98.3 Å². The van der Waals surface area contributed by atoms with Gasteiger partial charge in [-0.3, -0.25) is 9.69 Å². The van der Waals surface area contributed by atoms with Crippen LogP contribution >= 0.6 is 0 Å². The Morgan fingerprint density at radius 3 is 2.68 bits per heavy atom. The fraction of sp³-hybridized carbons (Fsp3) is 0.458. The lowest BCUT2D eigenvalue weighted by atomic mass is 9.96. The number of carbonyl (C=O) groups excluding carboxylic acids is 1. The summed E-state index contributed by atoms with van der Waals surface area (Å²) in [6.45, 7) is 6.67. The van der Waals surface area contributed by atoms with Gasteiger partial charge in [0.1, 0.15) is 23.2 Å². The lowest BCUT2D eigenvalue weighted by molar-refractivity contribution is -0.127. The third-order valence-electron chi connectivity index (χ3n) is 6.44. The van der Waals surface area contributed by atoms with Crippen LogP contribution < -0.4 is 16.4 Å². The smallest absolute Gasteiger partial charge is 0.219 e. The van der Waals surface area contributed by atoms with Crippen molar-refractivity contribution in [3.8, 4) is 0 Å². The predicted molar refractivity (Wildman–Crippen MR) is 129 cm³/mol. The van der Waals surface area contributed by atoms with Crippen molar-refractivity contribution < 1.29 is 13.6 Å². The van der Waals surface area contributed by atoms with Gasteiger partial charge in [-0.25, -0.2) is 18.8 Å². The minimum atomic E-state index is -0.744. The van der Waals surface area contributed by atoms with E-state index in [2.05, 4.69) is 22.2 Å². The highest BCUT2D eigenvalue weighted by Crippen LogP contribution is 2.27. The molecule has 1 aromatic rings. The summed E-state index contributed by atoms with van der Waals surface area (Å²) in [4.78, 5) is 24.8. The molecule has 1 saturated carbocycles. The largest absolute Gasteiger partial charge is 0.403 e. The van der Waals surface area contributed by atoms with Gasteiger partial charge in [-0.05, 0) is 31.4 Å². The number of nitrogens with zero attached hydrogens (tertiary/aromatic N) is 4. The Bertz CT molecular complexity index is 1050. The van der Waals surface area contributed by atoms with E-state index in [1.54, 1.807) is 4.90 Å². The monoisotopic (exact) mass is 471 g/mol. The van der Waals surface area contributed by atoms with E-state index in [1.165, 1.54) is 44.5 Å². The van der Waals surface area contributed by atoms with Crippen LogP contribution in [0.4, 0.5) is 14.5 Å². The number of hydrogen-bond donors (Lipinski definition) is 3. The van der Waals surface area contributed by atoms with Crippen molar-refractivity contribution in [3.05, 3.63) is 54.1 Å². The molecule has 2 fully saturated rings. The average molecular weight is 472 g/mol. The van der Waals surface area contributed by atoms with Crippen LogP contribution in [-0.4, -0.2) is 52.7 Å². The van der Waals surface area contributed by atoms with Crippen molar-refractivity contribution in [2.45, 2.75) is 57.5 Å². The zero-order chi connectivity index (χ0) is 24.2. The zero-order valence-corrected chi connectivity index (χ0v) is 19.4. The molecule has 8 nitrogen and oxygen atoms in total. The van der Waals surface area contributed by atoms with E-state index in [9.17, 15) is 13.6 Å². The number of guanidine groups is 1. The molecule has 2 heterocycles. The van der Waals surface area contributed by atoms with Crippen molar-refractivity contribution in [1.82, 2.24) is 15.1 Å². The predicted octanol–water partition coefficient (Wildman–Crippen LogP) is 3.26. The molecule has 1 saturated heterocycles. The van der Waals surface area contributed by atoms with Crippen LogP contribution in [0.3, 0.4) is 0 Å². The third kappa shape index (κ3) is 5.21. The van der Waals surface area contributed by atoms with Crippen LogP contribution in [0.15, 0.2) is 52.5 Å². The van der Waals surface area contributed by atoms with Gasteiger partial charge in [0.05, 0.1) is 11.7 Å². The van der Waals surface area contributed by atoms with E-state index in [0.29, 0.717) is 48.9 Å². The number of halogens is 2. The molecule has 1 aliphatic carbocycles. The molecular weight excluding hydrogens is 440 g/mol. The SMILES string of the molecule is C=C(/N=C1\C(=C/N)N=C(Nc2ccc(F)cc2F)N1[C@@H]1CCN(C(C)=O)C1)NC1CCCCC1. The quantitative estimate of drug-likeness (QED) is 0.612. The molecule has 0 unspecified atom stereocenters. The standard InChI is InChI=1S/C24H31F2N7O/c1-15(28-18-6-4-3-5-7-18)29-23-22(13-27)31-24(30-21-9-8-17(25)12-20(21)26)33(23)19-10-11-32(14-19)16(2)34/h8-9,12-13,18-19,28H,1,3-7,10-11,14,27H2,2H3,(H,30,31)/b22-13+,29-23+/t19-/m1/s1. The number of carbonyl (C=O) groups is 1. The third-order valence-corrected chi connectivity index (χ3v) is 6.44. The molecule has 182 valence electrons. The van der Waals surface area contributed by atoms with Crippen LogP contribution in [0.25, 0.3) is 0 Å². The van der Waals surface area contributed by atoms with Crippen molar-refractivity contribution >= 4 is 23.4 Å². The Labute approximate surface area is 198 Å². The van der Waals surface area contributed by atoms with Crippen LogP contribution in [0.2, 0.25) is 0 Å². The highest BCUT2D eigenvalue weighted by atomic mass is 19.1. The highest BCUT2D eigenvalue weighted by molar-refractivity contribution is 6.18. The Hall–Kier alpha value is -3.43. The first-order valence-corrected chi connectivity index (χ1v) is 11.7. The summed E-state index contributed by atoms with van der Waals surface area (Å²) in [5.74, 6) is -0.160. The van der Waals surface area contributed by atoms with Gasteiger partial charge in [0.15, 0.2) is 5.84 Å². The Morgan fingerprint density at radius 2 is 2.03 bits per heavy atom. The van der Waals surface area contributed by atoms with E-state index >= 15 is 0 Å². The molecule has 4 rings (SSSR count). The van der Waals surface area contributed by atoms with Gasteiger partial charge >= 0.3 is 0 Å². The maximum atomic E-state index is 14.4. The molecule has 0 spiro atoms. The molecular formula is C24H31F2N7O. The normalized spacial score (nSPS) is 23.5. The fourth-order valence-corrected chi connectivity index (χ4v) is 4.69. The molecule has 3 aliphatic rings. The highest BCUT2D eigenvalue weighted by Gasteiger charge is 2.39. The van der Waals surface area contributed by atoms with Gasteiger partial charge in [-0.15, -0.1) is 0 Å². The Morgan fingerprint density at radius 1 is 1.26 bits per heavy atom. The zero-order valence-electron chi connectivity index (χ0n) is 19.4. The molecule has 0 bridgehead atoms. The maximum Gasteiger partial charge on any atom is 0.219 e. The van der Waals surface area contributed by atoms with Gasteiger partial charge < -0.3 is 21.3 Å². The van der Waals surface area contributed by atoms with Crippen molar-refractivity contribution in [3.63, 3.8) is 0 Å². The van der Waals surface area contributed by atoms with Gasteiger partial charge in [-0.1, -0.05) is 25.8 Å². The van der Waals surface area contributed by atoms with Crippen molar-refractivity contribution in [1.29, 1.82) is 0 Å². The van der Waals surface area contributed by atoms with E-state index in [4.69, 9.17) is 10.7 Å². The van der Waals surface area contributed by atoms with E-state index < -0.39 is 11.6 Å². The van der Waals surface area contributed by atoms with Gasteiger partial charge in [0.25, 0.3) is 0 Å². The molecule has 1 aromatic carbocycles. The average Bonchev–Trinajstić information content (AvgIpc) is 3.41. The first-order chi connectivity index (χ1) is 16.4. The Balaban J connectivity index is 1.63. The van der Waals surface area contributed by atoms with Gasteiger partial charge in [0.2, 0.25) is 11.9 Å². The fourth-order valence-electron chi connectivity index (χ4n) is 4.69. The first-order valence-electron chi connectivity index (χ1n) is 11.7. The number of amidine groups is 1. The van der Waals surface area contributed by atoms with Crippen molar-refractivity contribution in [2.24, 2.45) is 15.7 Å². The van der Waals surface area contributed by atoms with Crippen molar-refractivity contribution in [2.75, 3.05) is 18.4 Å². The lowest BCUT2D eigenvalue weighted by Crippen LogP contribution is -2.46. The summed E-state index contributed by atoms with van der Waals surface area (Å²) in [5, 5.41) is 6.35. The van der Waals surface area contributed by atoms with Crippen LogP contribution in [-0.2, 0) is 4.79 Å². The molecule has 34 heavy (non-hydrogen) atoms. The number of hydrogen-bond acceptors (Lipinski definition) is 6. The van der Waals surface area contributed by atoms with E-state index in [1.807, 2.05) is 4.90 Å². The second kappa shape index (κ2) is 10.2. The first kappa shape index (κ1) is 23.7. The molecule has 1 amide bonds. The number of likely N-dealkylation sites (tertiary alicyclic amines) is 1. The molecule has 2 aliphatic heterocycles. The minimum Gasteiger partial charge on any atom is -0.403 e. The van der Waals surface area contributed by atoms with Gasteiger partial charge in [0, 0.05) is 38.3 Å². The lowest BCUT2D eigenvalue weighted by Gasteiger charge is -2.29. The Kier molecular flexibility index (Phi) is 7.14. The maximum absolute atomic E-state index is 14.4. The summed E-state index contributed by atoms with van der Waals surface area (Å²) < 4.78 is 27.8.